The summed E-state index contributed by atoms with van der Waals surface area (Å²) < 4.78 is 29.6. The van der Waals surface area contributed by atoms with E-state index in [-0.39, 0.29) is 10.5 Å². The fourth-order valence-electron chi connectivity index (χ4n) is 2.11. The fraction of sp³-hybridized carbons (Fsp3) is 0.0625. The van der Waals surface area contributed by atoms with Crippen molar-refractivity contribution in [2.75, 3.05) is 4.72 Å². The molecule has 0 spiro atoms. The molecule has 0 unspecified atom stereocenters. The molecule has 2 aromatic carbocycles. The molecule has 1 aromatic heterocycles. The molecule has 0 aliphatic heterocycles. The lowest BCUT2D eigenvalue weighted by Gasteiger charge is -2.12. The van der Waals surface area contributed by atoms with E-state index in [2.05, 4.69) is 14.9 Å². The van der Waals surface area contributed by atoms with E-state index in [4.69, 9.17) is 5.73 Å². The highest BCUT2D eigenvalue weighted by atomic mass is 32.2. The number of amides is 1. The lowest BCUT2D eigenvalue weighted by atomic mass is 10.2. The van der Waals surface area contributed by atoms with Gasteiger partial charge in [0.05, 0.1) is 10.6 Å². The van der Waals surface area contributed by atoms with Crippen molar-refractivity contribution in [3.63, 3.8) is 0 Å². The van der Waals surface area contributed by atoms with E-state index >= 15 is 0 Å². The van der Waals surface area contributed by atoms with Crippen LogP contribution in [-0.2, 0) is 17.1 Å². The number of aryl methyl sites for hydroxylation is 1. The standard InChI is InChI=1S/C16H15N5O3S2/c1-21-10-18-19-16(21)25-14-5-3-2-4-13(14)20-26(23,24)12-8-6-11(7-9-12)15(17)22/h2-10,20H,1H3,(H2,17,22). The van der Waals surface area contributed by atoms with Crippen LogP contribution in [-0.4, -0.2) is 29.1 Å². The number of aromatic nitrogens is 3. The maximum Gasteiger partial charge on any atom is 0.261 e. The monoisotopic (exact) mass is 389 g/mol. The molecule has 0 atom stereocenters. The van der Waals surface area contributed by atoms with Gasteiger partial charge in [0.2, 0.25) is 5.91 Å². The molecule has 0 aliphatic rings. The largest absolute Gasteiger partial charge is 0.366 e. The quantitative estimate of drug-likeness (QED) is 0.664. The van der Waals surface area contributed by atoms with Gasteiger partial charge in [0.1, 0.15) is 6.33 Å². The minimum atomic E-state index is -3.83. The topological polar surface area (TPSA) is 120 Å². The Hall–Kier alpha value is -2.85. The fourth-order valence-corrected chi connectivity index (χ4v) is 4.10. The summed E-state index contributed by atoms with van der Waals surface area (Å²) in [4.78, 5) is 11.8. The van der Waals surface area contributed by atoms with E-state index < -0.39 is 15.9 Å². The van der Waals surface area contributed by atoms with Crippen molar-refractivity contribution in [3.8, 4) is 0 Å². The number of carbonyl (C=O) groups is 1. The number of primary amides is 1. The molecule has 8 nitrogen and oxygen atoms in total. The number of nitrogens with one attached hydrogen (secondary N) is 1. The Kier molecular flexibility index (Phi) is 4.96. The second-order valence-corrected chi connectivity index (χ2v) is 8.01. The molecular formula is C16H15N5O3S2. The van der Waals surface area contributed by atoms with E-state index in [0.717, 1.165) is 0 Å². The number of anilines is 1. The predicted octanol–water partition coefficient (Wildman–Crippen LogP) is 1.87. The van der Waals surface area contributed by atoms with Gasteiger partial charge in [0, 0.05) is 17.5 Å². The second-order valence-electron chi connectivity index (χ2n) is 5.32. The second kappa shape index (κ2) is 7.18. The average molecular weight is 389 g/mol. The molecule has 0 radical (unpaired) electrons. The van der Waals surface area contributed by atoms with Crippen molar-refractivity contribution < 1.29 is 13.2 Å². The zero-order chi connectivity index (χ0) is 18.7. The number of nitrogens with zero attached hydrogens (tertiary/aromatic N) is 3. The van der Waals surface area contributed by atoms with Crippen LogP contribution in [0.5, 0.6) is 0 Å². The molecule has 3 N–H and O–H groups in total. The molecule has 3 aromatic rings. The molecular weight excluding hydrogens is 374 g/mol. The molecule has 1 amide bonds. The highest BCUT2D eigenvalue weighted by Crippen LogP contribution is 2.33. The van der Waals surface area contributed by atoms with Gasteiger partial charge in [-0.25, -0.2) is 8.42 Å². The summed E-state index contributed by atoms with van der Waals surface area (Å²) >= 11 is 1.29. The van der Waals surface area contributed by atoms with E-state index in [1.165, 1.54) is 36.0 Å². The SMILES string of the molecule is Cn1cnnc1Sc1ccccc1NS(=O)(=O)c1ccc(C(N)=O)cc1. The Morgan fingerprint density at radius 1 is 1.15 bits per heavy atom. The maximum absolute atomic E-state index is 12.6. The van der Waals surface area contributed by atoms with Crippen molar-refractivity contribution in [3.05, 3.63) is 60.4 Å². The summed E-state index contributed by atoms with van der Waals surface area (Å²) in [5.41, 5.74) is 5.83. The van der Waals surface area contributed by atoms with Crippen LogP contribution in [0.25, 0.3) is 0 Å². The van der Waals surface area contributed by atoms with Crippen molar-refractivity contribution in [2.24, 2.45) is 12.8 Å². The van der Waals surface area contributed by atoms with Crippen LogP contribution in [0.15, 0.2) is 69.8 Å². The number of benzene rings is 2. The first-order valence-electron chi connectivity index (χ1n) is 7.40. The molecule has 0 saturated carbocycles. The summed E-state index contributed by atoms with van der Waals surface area (Å²) in [6.45, 7) is 0. The number of rotatable bonds is 6. The highest BCUT2D eigenvalue weighted by Gasteiger charge is 2.17. The highest BCUT2D eigenvalue weighted by molar-refractivity contribution is 7.99. The molecule has 134 valence electrons. The number of nitrogens with two attached hydrogens (primary N) is 1. The minimum absolute atomic E-state index is 0.0287. The lowest BCUT2D eigenvalue weighted by molar-refractivity contribution is 0.1000. The van der Waals surface area contributed by atoms with E-state index in [1.807, 2.05) is 0 Å². The first-order chi connectivity index (χ1) is 12.4. The minimum Gasteiger partial charge on any atom is -0.366 e. The van der Waals surface area contributed by atoms with E-state index in [9.17, 15) is 13.2 Å². The Balaban J connectivity index is 1.88. The molecule has 1 heterocycles. The van der Waals surface area contributed by atoms with Crippen LogP contribution >= 0.6 is 11.8 Å². The smallest absolute Gasteiger partial charge is 0.261 e. The van der Waals surface area contributed by atoms with Gasteiger partial charge in [-0.2, -0.15) is 0 Å². The van der Waals surface area contributed by atoms with E-state index in [0.29, 0.717) is 15.7 Å². The van der Waals surface area contributed by atoms with Crippen LogP contribution in [0, 0.1) is 0 Å². The Bertz CT molecular complexity index is 1050. The zero-order valence-electron chi connectivity index (χ0n) is 13.7. The van der Waals surface area contributed by atoms with Crippen molar-refractivity contribution in [1.29, 1.82) is 0 Å². The number of hydrogen-bond donors (Lipinski definition) is 2. The first kappa shape index (κ1) is 18.0. The Labute approximate surface area is 154 Å². The van der Waals surface area contributed by atoms with Crippen molar-refractivity contribution in [1.82, 2.24) is 14.8 Å². The van der Waals surface area contributed by atoms with Gasteiger partial charge in [0.15, 0.2) is 5.16 Å². The lowest BCUT2D eigenvalue weighted by Crippen LogP contribution is -2.15. The molecule has 0 bridgehead atoms. The average Bonchev–Trinajstić information content (AvgIpc) is 3.01. The Morgan fingerprint density at radius 3 is 2.46 bits per heavy atom. The molecule has 0 saturated heterocycles. The third kappa shape index (κ3) is 3.86. The maximum atomic E-state index is 12.6. The summed E-state index contributed by atoms with van der Waals surface area (Å²) in [6.07, 6.45) is 1.56. The summed E-state index contributed by atoms with van der Waals surface area (Å²) in [5.74, 6) is -0.618. The van der Waals surface area contributed by atoms with Gasteiger partial charge in [0.25, 0.3) is 10.0 Å². The van der Waals surface area contributed by atoms with Gasteiger partial charge in [-0.15, -0.1) is 10.2 Å². The molecule has 10 heteroatoms. The first-order valence-corrected chi connectivity index (χ1v) is 9.70. The predicted molar refractivity (Wildman–Crippen MR) is 97.3 cm³/mol. The molecule has 26 heavy (non-hydrogen) atoms. The van der Waals surface area contributed by atoms with Crippen LogP contribution in [0.2, 0.25) is 0 Å². The molecule has 0 fully saturated rings. The summed E-state index contributed by atoms with van der Waals surface area (Å²) in [7, 11) is -2.02. The summed E-state index contributed by atoms with van der Waals surface area (Å²) in [5, 5.41) is 8.42. The third-order valence-corrected chi connectivity index (χ3v) is 5.96. The number of para-hydroxylation sites is 1. The van der Waals surface area contributed by atoms with Crippen LogP contribution < -0.4 is 10.5 Å². The molecule has 3 rings (SSSR count). The van der Waals surface area contributed by atoms with Crippen molar-refractivity contribution in [2.45, 2.75) is 14.9 Å². The van der Waals surface area contributed by atoms with E-state index in [1.54, 1.807) is 42.2 Å². The van der Waals surface area contributed by atoms with Gasteiger partial charge in [-0.05, 0) is 48.2 Å². The van der Waals surface area contributed by atoms with Gasteiger partial charge >= 0.3 is 0 Å². The summed E-state index contributed by atoms with van der Waals surface area (Å²) in [6, 6.07) is 12.4. The van der Waals surface area contributed by atoms with Gasteiger partial charge < -0.3 is 10.3 Å². The number of hydrogen-bond acceptors (Lipinski definition) is 6. The normalized spacial score (nSPS) is 11.3. The molecule has 0 aliphatic carbocycles. The van der Waals surface area contributed by atoms with Crippen molar-refractivity contribution >= 4 is 33.4 Å². The number of sulfonamides is 1. The van der Waals surface area contributed by atoms with Crippen LogP contribution in [0.1, 0.15) is 10.4 Å². The van der Waals surface area contributed by atoms with Crippen LogP contribution in [0.4, 0.5) is 5.69 Å². The van der Waals surface area contributed by atoms with Gasteiger partial charge in [-0.3, -0.25) is 9.52 Å². The van der Waals surface area contributed by atoms with Crippen LogP contribution in [0.3, 0.4) is 0 Å². The Morgan fingerprint density at radius 2 is 1.85 bits per heavy atom. The van der Waals surface area contributed by atoms with Gasteiger partial charge in [-0.1, -0.05) is 12.1 Å². The third-order valence-electron chi connectivity index (χ3n) is 3.45. The zero-order valence-corrected chi connectivity index (χ0v) is 15.3. The number of carbonyl (C=O) groups excluding carboxylic acids is 1.